The zero-order valence-corrected chi connectivity index (χ0v) is 13.3. The van der Waals surface area contributed by atoms with Crippen molar-refractivity contribution in [1.29, 1.82) is 0 Å². The first-order chi connectivity index (χ1) is 9.97. The Hall–Kier alpha value is -1.40. The molecule has 1 heterocycles. The van der Waals surface area contributed by atoms with Gasteiger partial charge in [0.05, 0.1) is 4.90 Å². The predicted molar refractivity (Wildman–Crippen MR) is 81.5 cm³/mol. The van der Waals surface area contributed by atoms with Crippen molar-refractivity contribution in [2.24, 2.45) is 0 Å². The first kappa shape index (κ1) is 16.0. The third-order valence-corrected chi connectivity index (χ3v) is 5.51. The van der Waals surface area contributed by atoms with E-state index in [1.54, 1.807) is 12.1 Å². The van der Waals surface area contributed by atoms with E-state index < -0.39 is 10.0 Å². The molecule has 116 valence electrons. The highest BCUT2D eigenvalue weighted by Crippen LogP contribution is 2.28. The van der Waals surface area contributed by atoms with Gasteiger partial charge in [0.25, 0.3) is 0 Å². The summed E-state index contributed by atoms with van der Waals surface area (Å²) in [6, 6.07) is 7.05. The summed E-state index contributed by atoms with van der Waals surface area (Å²) in [4.78, 5) is 13.8. The van der Waals surface area contributed by atoms with Crippen LogP contribution in [0.5, 0.6) is 0 Å². The summed E-state index contributed by atoms with van der Waals surface area (Å²) in [7, 11) is -1.97. The van der Waals surface area contributed by atoms with Crippen molar-refractivity contribution in [1.82, 2.24) is 9.62 Å². The second kappa shape index (κ2) is 6.58. The molecule has 0 aromatic heterocycles. The van der Waals surface area contributed by atoms with Crippen molar-refractivity contribution in [3.8, 4) is 0 Å². The molecular weight excluding hydrogens is 288 g/mol. The Morgan fingerprint density at radius 1 is 1.24 bits per heavy atom. The molecule has 0 radical (unpaired) electrons. The Balaban J connectivity index is 2.03. The highest BCUT2D eigenvalue weighted by molar-refractivity contribution is 7.89. The summed E-state index contributed by atoms with van der Waals surface area (Å²) >= 11 is 0. The van der Waals surface area contributed by atoms with Gasteiger partial charge in [0.15, 0.2) is 0 Å². The molecule has 1 aromatic rings. The third kappa shape index (κ3) is 3.63. The van der Waals surface area contributed by atoms with Crippen LogP contribution >= 0.6 is 0 Å². The fraction of sp³-hybridized carbons (Fsp3) is 0.533. The topological polar surface area (TPSA) is 66.5 Å². The van der Waals surface area contributed by atoms with Gasteiger partial charge in [-0.3, -0.25) is 4.79 Å². The standard InChI is InChI=1S/C15H22N2O3S/c1-3-15(18)17-10-8-13(9-11-17)12-4-6-14(7-5-12)21(19,20)16-2/h4-7,13,16H,3,8-11H2,1-2H3. The zero-order valence-electron chi connectivity index (χ0n) is 12.5. The fourth-order valence-corrected chi connectivity index (χ4v) is 3.45. The molecule has 1 N–H and O–H groups in total. The van der Waals surface area contributed by atoms with E-state index in [1.165, 1.54) is 7.05 Å². The Morgan fingerprint density at radius 2 is 1.81 bits per heavy atom. The number of likely N-dealkylation sites (tertiary alicyclic amines) is 1. The fourth-order valence-electron chi connectivity index (χ4n) is 2.72. The molecule has 1 aliphatic heterocycles. The van der Waals surface area contributed by atoms with Crippen LogP contribution in [0.15, 0.2) is 29.2 Å². The average molecular weight is 310 g/mol. The highest BCUT2D eigenvalue weighted by atomic mass is 32.2. The number of hydrogen-bond acceptors (Lipinski definition) is 3. The number of carbonyl (C=O) groups is 1. The van der Waals surface area contributed by atoms with Crippen LogP contribution in [0.3, 0.4) is 0 Å². The number of hydrogen-bond donors (Lipinski definition) is 1. The van der Waals surface area contributed by atoms with Gasteiger partial charge in [-0.05, 0) is 43.5 Å². The van der Waals surface area contributed by atoms with E-state index >= 15 is 0 Å². The average Bonchev–Trinajstić information content (AvgIpc) is 2.54. The first-order valence-electron chi connectivity index (χ1n) is 7.29. The van der Waals surface area contributed by atoms with Crippen LogP contribution in [0.2, 0.25) is 0 Å². The van der Waals surface area contributed by atoms with Gasteiger partial charge in [-0.1, -0.05) is 19.1 Å². The molecule has 1 saturated heterocycles. The van der Waals surface area contributed by atoms with Crippen molar-refractivity contribution in [3.63, 3.8) is 0 Å². The maximum Gasteiger partial charge on any atom is 0.240 e. The van der Waals surface area contributed by atoms with Gasteiger partial charge < -0.3 is 4.90 Å². The molecule has 1 aliphatic rings. The molecule has 0 atom stereocenters. The Morgan fingerprint density at radius 3 is 2.29 bits per heavy atom. The smallest absolute Gasteiger partial charge is 0.240 e. The van der Waals surface area contributed by atoms with E-state index in [-0.39, 0.29) is 10.8 Å². The van der Waals surface area contributed by atoms with Crippen LogP contribution in [0.25, 0.3) is 0 Å². The normalized spacial score (nSPS) is 17.0. The lowest BCUT2D eigenvalue weighted by Crippen LogP contribution is -2.37. The predicted octanol–water partition coefficient (Wildman–Crippen LogP) is 1.71. The summed E-state index contributed by atoms with van der Waals surface area (Å²) < 4.78 is 25.7. The summed E-state index contributed by atoms with van der Waals surface area (Å²) in [5.41, 5.74) is 1.15. The van der Waals surface area contributed by atoms with Crippen LogP contribution in [0.4, 0.5) is 0 Å². The molecule has 21 heavy (non-hydrogen) atoms. The summed E-state index contributed by atoms with van der Waals surface area (Å²) in [5, 5.41) is 0. The minimum atomic E-state index is -3.37. The Bertz CT molecular complexity index is 588. The lowest BCUT2D eigenvalue weighted by molar-refractivity contribution is -0.131. The minimum absolute atomic E-state index is 0.212. The Kier molecular flexibility index (Phi) is 5.00. The van der Waals surface area contributed by atoms with E-state index in [0.29, 0.717) is 12.3 Å². The van der Waals surface area contributed by atoms with Gasteiger partial charge in [-0.25, -0.2) is 13.1 Å². The Labute approximate surface area is 126 Å². The van der Waals surface area contributed by atoms with E-state index in [0.717, 1.165) is 31.5 Å². The number of nitrogens with zero attached hydrogens (tertiary/aromatic N) is 1. The quantitative estimate of drug-likeness (QED) is 0.920. The molecule has 6 heteroatoms. The van der Waals surface area contributed by atoms with Crippen molar-refractivity contribution in [2.75, 3.05) is 20.1 Å². The number of piperidine rings is 1. The van der Waals surface area contributed by atoms with Gasteiger partial charge in [0, 0.05) is 19.5 Å². The van der Waals surface area contributed by atoms with E-state index in [1.807, 2.05) is 24.0 Å². The number of nitrogens with one attached hydrogen (secondary N) is 1. The van der Waals surface area contributed by atoms with Gasteiger partial charge in [0.1, 0.15) is 0 Å². The van der Waals surface area contributed by atoms with Crippen LogP contribution in [-0.2, 0) is 14.8 Å². The maximum atomic E-state index is 11.7. The maximum absolute atomic E-state index is 11.7. The van der Waals surface area contributed by atoms with Gasteiger partial charge in [-0.2, -0.15) is 0 Å². The minimum Gasteiger partial charge on any atom is -0.343 e. The summed E-state index contributed by atoms with van der Waals surface area (Å²) in [6.07, 6.45) is 2.43. The van der Waals surface area contributed by atoms with Gasteiger partial charge in [-0.15, -0.1) is 0 Å². The van der Waals surface area contributed by atoms with Gasteiger partial charge >= 0.3 is 0 Å². The molecule has 0 spiro atoms. The number of amides is 1. The van der Waals surface area contributed by atoms with Crippen LogP contribution in [-0.4, -0.2) is 39.4 Å². The molecule has 0 unspecified atom stereocenters. The van der Waals surface area contributed by atoms with Crippen LogP contribution in [0.1, 0.15) is 37.7 Å². The summed E-state index contributed by atoms with van der Waals surface area (Å²) in [5.74, 6) is 0.612. The molecule has 1 amide bonds. The van der Waals surface area contributed by atoms with E-state index in [9.17, 15) is 13.2 Å². The molecule has 0 bridgehead atoms. The van der Waals surface area contributed by atoms with Crippen molar-refractivity contribution >= 4 is 15.9 Å². The number of carbonyl (C=O) groups excluding carboxylic acids is 1. The molecule has 0 aliphatic carbocycles. The monoisotopic (exact) mass is 310 g/mol. The molecule has 5 nitrogen and oxygen atoms in total. The van der Waals surface area contributed by atoms with Crippen molar-refractivity contribution < 1.29 is 13.2 Å². The molecular formula is C15H22N2O3S. The second-order valence-corrected chi connectivity index (χ2v) is 7.17. The van der Waals surface area contributed by atoms with Crippen molar-refractivity contribution in [3.05, 3.63) is 29.8 Å². The van der Waals surface area contributed by atoms with Crippen LogP contribution < -0.4 is 4.72 Å². The third-order valence-electron chi connectivity index (χ3n) is 4.08. The lowest BCUT2D eigenvalue weighted by atomic mass is 9.89. The van der Waals surface area contributed by atoms with E-state index in [4.69, 9.17) is 0 Å². The largest absolute Gasteiger partial charge is 0.343 e. The summed E-state index contributed by atoms with van der Waals surface area (Å²) in [6.45, 7) is 3.46. The number of rotatable bonds is 4. The molecule has 0 saturated carbocycles. The molecule has 1 fully saturated rings. The number of sulfonamides is 1. The van der Waals surface area contributed by atoms with Crippen molar-refractivity contribution in [2.45, 2.75) is 37.0 Å². The SMILES string of the molecule is CCC(=O)N1CCC(c2ccc(S(=O)(=O)NC)cc2)CC1. The first-order valence-corrected chi connectivity index (χ1v) is 8.77. The van der Waals surface area contributed by atoms with Gasteiger partial charge in [0.2, 0.25) is 15.9 Å². The highest BCUT2D eigenvalue weighted by Gasteiger charge is 2.23. The molecule has 2 rings (SSSR count). The second-order valence-electron chi connectivity index (χ2n) is 5.29. The lowest BCUT2D eigenvalue weighted by Gasteiger charge is -2.32. The molecule has 1 aromatic carbocycles. The zero-order chi connectivity index (χ0) is 15.5. The number of benzene rings is 1. The van der Waals surface area contributed by atoms with E-state index in [2.05, 4.69) is 4.72 Å². The van der Waals surface area contributed by atoms with Crippen LogP contribution in [0, 0.1) is 0 Å².